The second-order valence-electron chi connectivity index (χ2n) is 5.53. The van der Waals surface area contributed by atoms with Gasteiger partial charge in [-0.15, -0.1) is 0 Å². The first-order valence-corrected chi connectivity index (χ1v) is 7.30. The number of rotatable bonds is 6. The molecule has 0 radical (unpaired) electrons. The minimum absolute atomic E-state index is 0.148. The monoisotopic (exact) mass is 300 g/mol. The normalized spacial score (nSPS) is 10.7. The highest BCUT2D eigenvalue weighted by Gasteiger charge is 2.16. The molecule has 2 aromatic rings. The summed E-state index contributed by atoms with van der Waals surface area (Å²) in [6.07, 6.45) is 0. The van der Waals surface area contributed by atoms with E-state index in [0.29, 0.717) is 18.7 Å². The van der Waals surface area contributed by atoms with Crippen molar-refractivity contribution < 1.29 is 9.18 Å². The van der Waals surface area contributed by atoms with E-state index in [1.807, 2.05) is 49.3 Å². The minimum Gasteiger partial charge on any atom is -0.333 e. The van der Waals surface area contributed by atoms with Crippen molar-refractivity contribution in [3.8, 4) is 0 Å². The summed E-state index contributed by atoms with van der Waals surface area (Å²) < 4.78 is 13.4. The lowest BCUT2D eigenvalue weighted by molar-refractivity contribution is 0.0731. The Morgan fingerprint density at radius 2 is 1.73 bits per heavy atom. The van der Waals surface area contributed by atoms with Crippen molar-refractivity contribution in [1.29, 1.82) is 0 Å². The van der Waals surface area contributed by atoms with Crippen LogP contribution in [0.4, 0.5) is 4.39 Å². The van der Waals surface area contributed by atoms with Crippen LogP contribution in [0, 0.1) is 5.82 Å². The molecule has 3 nitrogen and oxygen atoms in total. The Morgan fingerprint density at radius 1 is 1.00 bits per heavy atom. The number of amides is 1. The molecule has 2 rings (SSSR count). The molecule has 0 saturated carbocycles. The van der Waals surface area contributed by atoms with Crippen LogP contribution in [-0.4, -0.2) is 42.9 Å². The first-order valence-electron chi connectivity index (χ1n) is 7.30. The van der Waals surface area contributed by atoms with Crippen LogP contribution in [-0.2, 0) is 6.54 Å². The topological polar surface area (TPSA) is 23.6 Å². The molecular weight excluding hydrogens is 279 g/mol. The van der Waals surface area contributed by atoms with Gasteiger partial charge in [-0.3, -0.25) is 4.79 Å². The van der Waals surface area contributed by atoms with E-state index in [1.165, 1.54) is 12.1 Å². The molecule has 0 unspecified atom stereocenters. The van der Waals surface area contributed by atoms with Gasteiger partial charge < -0.3 is 9.80 Å². The van der Waals surface area contributed by atoms with Gasteiger partial charge in [-0.2, -0.15) is 0 Å². The molecule has 0 spiro atoms. The molecule has 0 N–H and O–H groups in total. The van der Waals surface area contributed by atoms with E-state index in [9.17, 15) is 9.18 Å². The molecule has 0 aliphatic rings. The fourth-order valence-corrected chi connectivity index (χ4v) is 2.18. The lowest BCUT2D eigenvalue weighted by Gasteiger charge is -2.24. The van der Waals surface area contributed by atoms with Gasteiger partial charge in [0.25, 0.3) is 5.91 Å². The van der Waals surface area contributed by atoms with E-state index in [-0.39, 0.29) is 5.91 Å². The summed E-state index contributed by atoms with van der Waals surface area (Å²) in [5.41, 5.74) is 1.45. The quantitative estimate of drug-likeness (QED) is 0.818. The smallest absolute Gasteiger partial charge is 0.254 e. The molecule has 2 aromatic carbocycles. The lowest BCUT2D eigenvalue weighted by atomic mass is 10.1. The van der Waals surface area contributed by atoms with Gasteiger partial charge >= 0.3 is 0 Å². The number of carbonyl (C=O) groups excluding carboxylic acids is 1. The van der Waals surface area contributed by atoms with Gasteiger partial charge in [-0.1, -0.05) is 36.4 Å². The maximum absolute atomic E-state index is 13.4. The first kappa shape index (κ1) is 16.2. The van der Waals surface area contributed by atoms with Gasteiger partial charge in [0.1, 0.15) is 5.82 Å². The molecule has 0 bridgehead atoms. The number of hydrogen-bond acceptors (Lipinski definition) is 2. The highest BCUT2D eigenvalue weighted by Crippen LogP contribution is 2.11. The molecule has 0 atom stereocenters. The van der Waals surface area contributed by atoms with Gasteiger partial charge in [-0.05, 0) is 37.9 Å². The summed E-state index contributed by atoms with van der Waals surface area (Å²) in [5.74, 6) is -0.539. The van der Waals surface area contributed by atoms with Gasteiger partial charge in [-0.25, -0.2) is 4.39 Å². The third kappa shape index (κ3) is 4.67. The van der Waals surface area contributed by atoms with E-state index < -0.39 is 5.82 Å². The Morgan fingerprint density at radius 3 is 2.36 bits per heavy atom. The van der Waals surface area contributed by atoms with Crippen molar-refractivity contribution >= 4 is 5.91 Å². The Labute approximate surface area is 131 Å². The third-order valence-electron chi connectivity index (χ3n) is 3.39. The first-order chi connectivity index (χ1) is 10.6. The molecule has 0 aliphatic carbocycles. The Balaban J connectivity index is 2.17. The average molecular weight is 300 g/mol. The Hall–Kier alpha value is -2.20. The van der Waals surface area contributed by atoms with Crippen LogP contribution in [0.1, 0.15) is 15.9 Å². The summed E-state index contributed by atoms with van der Waals surface area (Å²) in [7, 11) is 3.93. The predicted octanol–water partition coefficient (Wildman–Crippen LogP) is 3.03. The van der Waals surface area contributed by atoms with E-state index >= 15 is 0 Å². The summed E-state index contributed by atoms with van der Waals surface area (Å²) in [6.45, 7) is 1.87. The van der Waals surface area contributed by atoms with Crippen molar-refractivity contribution in [2.24, 2.45) is 0 Å². The van der Waals surface area contributed by atoms with Crippen LogP contribution >= 0.6 is 0 Å². The zero-order valence-electron chi connectivity index (χ0n) is 13.0. The SMILES string of the molecule is CN(C)CCN(Cc1ccccc1)C(=O)c1cccc(F)c1. The van der Waals surface area contributed by atoms with Gasteiger partial charge in [0.15, 0.2) is 0 Å². The predicted molar refractivity (Wildman–Crippen MR) is 86.1 cm³/mol. The zero-order valence-corrected chi connectivity index (χ0v) is 13.0. The molecule has 4 heteroatoms. The number of carbonyl (C=O) groups is 1. The summed E-state index contributed by atoms with van der Waals surface area (Å²) in [5, 5.41) is 0. The number of nitrogens with zero attached hydrogens (tertiary/aromatic N) is 2. The largest absolute Gasteiger partial charge is 0.333 e. The molecule has 0 aromatic heterocycles. The maximum Gasteiger partial charge on any atom is 0.254 e. The number of hydrogen-bond donors (Lipinski definition) is 0. The molecule has 0 aliphatic heterocycles. The molecule has 22 heavy (non-hydrogen) atoms. The minimum atomic E-state index is -0.391. The average Bonchev–Trinajstić information content (AvgIpc) is 2.51. The number of likely N-dealkylation sites (N-methyl/N-ethyl adjacent to an activating group) is 1. The van der Waals surface area contributed by atoms with Crippen LogP contribution < -0.4 is 0 Å². The van der Waals surface area contributed by atoms with Crippen LogP contribution in [0.5, 0.6) is 0 Å². The highest BCUT2D eigenvalue weighted by molar-refractivity contribution is 5.94. The maximum atomic E-state index is 13.4. The standard InChI is InChI=1S/C18H21FN2O/c1-20(2)11-12-21(14-15-7-4-3-5-8-15)18(22)16-9-6-10-17(19)13-16/h3-10,13H,11-12,14H2,1-2H3. The molecule has 0 saturated heterocycles. The molecule has 0 heterocycles. The summed E-state index contributed by atoms with van der Waals surface area (Å²) >= 11 is 0. The van der Waals surface area contributed by atoms with E-state index in [4.69, 9.17) is 0 Å². The van der Waals surface area contributed by atoms with Crippen molar-refractivity contribution in [2.45, 2.75) is 6.54 Å². The van der Waals surface area contributed by atoms with Crippen LogP contribution in [0.25, 0.3) is 0 Å². The van der Waals surface area contributed by atoms with E-state index in [2.05, 4.69) is 0 Å². The van der Waals surface area contributed by atoms with E-state index in [1.54, 1.807) is 17.0 Å². The molecular formula is C18H21FN2O. The van der Waals surface area contributed by atoms with Gasteiger partial charge in [0.2, 0.25) is 0 Å². The second-order valence-corrected chi connectivity index (χ2v) is 5.53. The fraction of sp³-hybridized carbons (Fsp3) is 0.278. The zero-order chi connectivity index (χ0) is 15.9. The number of halogens is 1. The Bertz CT molecular complexity index is 613. The molecule has 1 amide bonds. The van der Waals surface area contributed by atoms with Crippen molar-refractivity contribution in [1.82, 2.24) is 9.80 Å². The van der Waals surface area contributed by atoms with Crippen molar-refractivity contribution in [2.75, 3.05) is 27.2 Å². The molecule has 116 valence electrons. The van der Waals surface area contributed by atoms with Crippen molar-refractivity contribution in [3.05, 3.63) is 71.5 Å². The molecule has 0 fully saturated rings. The van der Waals surface area contributed by atoms with E-state index in [0.717, 1.165) is 12.1 Å². The van der Waals surface area contributed by atoms with Crippen LogP contribution in [0.15, 0.2) is 54.6 Å². The van der Waals surface area contributed by atoms with Gasteiger partial charge in [0, 0.05) is 25.2 Å². The summed E-state index contributed by atoms with van der Waals surface area (Å²) in [4.78, 5) is 16.4. The van der Waals surface area contributed by atoms with Gasteiger partial charge in [0.05, 0.1) is 0 Å². The Kier molecular flexibility index (Phi) is 5.67. The van der Waals surface area contributed by atoms with Crippen LogP contribution in [0.2, 0.25) is 0 Å². The van der Waals surface area contributed by atoms with Crippen LogP contribution in [0.3, 0.4) is 0 Å². The summed E-state index contributed by atoms with van der Waals surface area (Å²) in [6, 6.07) is 15.7. The number of benzene rings is 2. The van der Waals surface area contributed by atoms with Crippen molar-refractivity contribution in [3.63, 3.8) is 0 Å². The fourth-order valence-electron chi connectivity index (χ4n) is 2.18. The second kappa shape index (κ2) is 7.71. The third-order valence-corrected chi connectivity index (χ3v) is 3.39. The highest BCUT2D eigenvalue weighted by atomic mass is 19.1. The lowest BCUT2D eigenvalue weighted by Crippen LogP contribution is -2.36.